The van der Waals surface area contributed by atoms with E-state index < -0.39 is 0 Å². The number of H-pyrrole nitrogens is 1. The van der Waals surface area contributed by atoms with Crippen molar-refractivity contribution < 1.29 is 0 Å². The van der Waals surface area contributed by atoms with Crippen molar-refractivity contribution in [1.82, 2.24) is 15.0 Å². The zero-order valence-electron chi connectivity index (χ0n) is 11.6. The minimum atomic E-state index is 0.837. The van der Waals surface area contributed by atoms with Crippen molar-refractivity contribution in [3.8, 4) is 0 Å². The molecule has 0 saturated heterocycles. The molecule has 2 heterocycles. The monoisotopic (exact) mass is 267 g/mol. The predicted octanol–water partition coefficient (Wildman–Crippen LogP) is 3.16. The lowest BCUT2D eigenvalue weighted by Gasteiger charge is -2.17. The molecule has 1 aromatic carbocycles. The first-order valence-corrected chi connectivity index (χ1v) is 6.65. The second-order valence-electron chi connectivity index (χ2n) is 4.57. The number of hydrogen-bond acceptors (Lipinski definition) is 4. The van der Waals surface area contributed by atoms with Crippen LogP contribution >= 0.6 is 0 Å². The molecule has 0 spiro atoms. The van der Waals surface area contributed by atoms with E-state index in [-0.39, 0.29) is 0 Å². The van der Waals surface area contributed by atoms with Crippen LogP contribution in [0.15, 0.2) is 42.9 Å². The van der Waals surface area contributed by atoms with E-state index in [2.05, 4.69) is 37.3 Å². The number of para-hydroxylation sites is 1. The Hall–Kier alpha value is -2.56. The molecule has 2 N–H and O–H groups in total. The molecule has 0 radical (unpaired) electrons. The summed E-state index contributed by atoms with van der Waals surface area (Å²) >= 11 is 0. The molecule has 0 unspecified atom stereocenters. The Morgan fingerprint density at radius 3 is 2.95 bits per heavy atom. The molecule has 0 saturated carbocycles. The summed E-state index contributed by atoms with van der Waals surface area (Å²) in [7, 11) is 2.01. The molecular formula is C15H17N5. The molecule has 5 heteroatoms. The number of hydrogen-bond donors (Lipinski definition) is 2. The first-order chi connectivity index (χ1) is 9.79. The minimum Gasteiger partial charge on any atom is -0.370 e. The van der Waals surface area contributed by atoms with Crippen LogP contribution in [-0.2, 0) is 0 Å². The third-order valence-corrected chi connectivity index (χ3v) is 3.28. The second kappa shape index (κ2) is 5.21. The van der Waals surface area contributed by atoms with Gasteiger partial charge < -0.3 is 15.2 Å². The molecule has 0 aliphatic heterocycles. The van der Waals surface area contributed by atoms with Gasteiger partial charge >= 0.3 is 0 Å². The number of fused-ring (bicyclic) bond motifs is 1. The molecule has 5 nitrogen and oxygen atoms in total. The Bertz CT molecular complexity index is 719. The van der Waals surface area contributed by atoms with E-state index in [4.69, 9.17) is 0 Å². The molecule has 2 aromatic heterocycles. The summed E-state index contributed by atoms with van der Waals surface area (Å²) < 4.78 is 0. The molecule has 20 heavy (non-hydrogen) atoms. The van der Waals surface area contributed by atoms with E-state index in [1.165, 1.54) is 5.39 Å². The quantitative estimate of drug-likeness (QED) is 0.762. The van der Waals surface area contributed by atoms with Crippen molar-refractivity contribution in [2.45, 2.75) is 6.92 Å². The number of rotatable bonds is 4. The van der Waals surface area contributed by atoms with E-state index in [1.54, 1.807) is 6.33 Å². The fraction of sp³-hybridized carbons (Fsp3) is 0.200. The Balaban J connectivity index is 1.99. The molecule has 0 fully saturated rings. The maximum atomic E-state index is 4.35. The molecule has 3 aromatic rings. The summed E-state index contributed by atoms with van der Waals surface area (Å²) in [5.41, 5.74) is 2.22. The molecule has 0 bridgehead atoms. The highest BCUT2D eigenvalue weighted by atomic mass is 15.2. The zero-order valence-corrected chi connectivity index (χ0v) is 11.6. The average molecular weight is 267 g/mol. The molecule has 0 aliphatic rings. The number of anilines is 3. The molecule has 3 rings (SSSR count). The number of benzene rings is 1. The fourth-order valence-corrected chi connectivity index (χ4v) is 2.27. The average Bonchev–Trinajstić information content (AvgIpc) is 2.91. The van der Waals surface area contributed by atoms with Crippen LogP contribution in [-0.4, -0.2) is 28.5 Å². The van der Waals surface area contributed by atoms with E-state index in [0.29, 0.717) is 0 Å². The van der Waals surface area contributed by atoms with Gasteiger partial charge in [0.05, 0.1) is 5.69 Å². The van der Waals surface area contributed by atoms with Crippen molar-refractivity contribution in [3.63, 3.8) is 0 Å². The van der Waals surface area contributed by atoms with Gasteiger partial charge in [-0.05, 0) is 13.0 Å². The third kappa shape index (κ3) is 2.18. The highest BCUT2D eigenvalue weighted by molar-refractivity contribution is 5.94. The van der Waals surface area contributed by atoms with Gasteiger partial charge in [0.15, 0.2) is 0 Å². The standard InChI is InChI=1S/C15H17N5/c1-3-16-14-8-15(19-10-18-14)20(2)13-9-17-12-7-5-4-6-11(12)13/h4-10,17H,3H2,1-2H3,(H,16,18,19). The van der Waals surface area contributed by atoms with E-state index in [0.717, 1.165) is 29.4 Å². The van der Waals surface area contributed by atoms with Crippen LogP contribution < -0.4 is 10.2 Å². The smallest absolute Gasteiger partial charge is 0.138 e. The van der Waals surface area contributed by atoms with E-state index >= 15 is 0 Å². The van der Waals surface area contributed by atoms with Gasteiger partial charge in [0, 0.05) is 36.8 Å². The van der Waals surface area contributed by atoms with Gasteiger partial charge in [0.1, 0.15) is 18.0 Å². The van der Waals surface area contributed by atoms with Crippen LogP contribution in [0.25, 0.3) is 10.9 Å². The Morgan fingerprint density at radius 1 is 1.25 bits per heavy atom. The van der Waals surface area contributed by atoms with Gasteiger partial charge in [0.25, 0.3) is 0 Å². The first kappa shape index (κ1) is 12.5. The van der Waals surface area contributed by atoms with Gasteiger partial charge in [0.2, 0.25) is 0 Å². The summed E-state index contributed by atoms with van der Waals surface area (Å²) in [6, 6.07) is 10.2. The highest BCUT2D eigenvalue weighted by Gasteiger charge is 2.11. The highest BCUT2D eigenvalue weighted by Crippen LogP contribution is 2.30. The largest absolute Gasteiger partial charge is 0.370 e. The van der Waals surface area contributed by atoms with Crippen LogP contribution in [0.2, 0.25) is 0 Å². The Labute approximate surface area is 117 Å². The maximum absolute atomic E-state index is 4.35. The zero-order chi connectivity index (χ0) is 13.9. The van der Waals surface area contributed by atoms with E-state index in [9.17, 15) is 0 Å². The summed E-state index contributed by atoms with van der Waals surface area (Å²) in [5, 5.41) is 4.38. The molecule has 0 amide bonds. The Morgan fingerprint density at radius 2 is 2.10 bits per heavy atom. The first-order valence-electron chi connectivity index (χ1n) is 6.65. The fourth-order valence-electron chi connectivity index (χ4n) is 2.27. The SMILES string of the molecule is CCNc1cc(N(C)c2c[nH]c3ccccc23)ncn1. The van der Waals surface area contributed by atoms with Crippen molar-refractivity contribution >= 4 is 28.2 Å². The van der Waals surface area contributed by atoms with Crippen molar-refractivity contribution in [2.24, 2.45) is 0 Å². The number of aromatic nitrogens is 3. The van der Waals surface area contributed by atoms with Crippen LogP contribution in [0, 0.1) is 0 Å². The van der Waals surface area contributed by atoms with Crippen molar-refractivity contribution in [2.75, 3.05) is 23.8 Å². The summed E-state index contributed by atoms with van der Waals surface area (Å²) in [4.78, 5) is 13.9. The second-order valence-corrected chi connectivity index (χ2v) is 4.57. The van der Waals surface area contributed by atoms with Crippen LogP contribution in [0.4, 0.5) is 17.3 Å². The van der Waals surface area contributed by atoms with Gasteiger partial charge in [-0.15, -0.1) is 0 Å². The van der Waals surface area contributed by atoms with Crippen molar-refractivity contribution in [1.29, 1.82) is 0 Å². The summed E-state index contributed by atoms with van der Waals surface area (Å²) in [6.45, 7) is 2.89. The van der Waals surface area contributed by atoms with E-state index in [1.807, 2.05) is 38.4 Å². The van der Waals surface area contributed by atoms with Gasteiger partial charge in [-0.1, -0.05) is 18.2 Å². The van der Waals surface area contributed by atoms with Crippen molar-refractivity contribution in [3.05, 3.63) is 42.9 Å². The summed E-state index contributed by atoms with van der Waals surface area (Å²) in [6.07, 6.45) is 3.58. The Kier molecular flexibility index (Phi) is 3.25. The van der Waals surface area contributed by atoms with Crippen LogP contribution in [0.1, 0.15) is 6.92 Å². The molecule has 0 atom stereocenters. The lowest BCUT2D eigenvalue weighted by molar-refractivity contribution is 1.06. The van der Waals surface area contributed by atoms with Gasteiger partial charge in [-0.3, -0.25) is 0 Å². The molecular weight excluding hydrogens is 250 g/mol. The third-order valence-electron chi connectivity index (χ3n) is 3.28. The number of nitrogens with zero attached hydrogens (tertiary/aromatic N) is 3. The lowest BCUT2D eigenvalue weighted by atomic mass is 10.2. The lowest BCUT2D eigenvalue weighted by Crippen LogP contribution is -2.12. The molecule has 0 aliphatic carbocycles. The van der Waals surface area contributed by atoms with Gasteiger partial charge in [-0.25, -0.2) is 9.97 Å². The van der Waals surface area contributed by atoms with Crippen LogP contribution in [0.3, 0.4) is 0 Å². The van der Waals surface area contributed by atoms with Gasteiger partial charge in [-0.2, -0.15) is 0 Å². The minimum absolute atomic E-state index is 0.837. The number of nitrogens with one attached hydrogen (secondary N) is 2. The maximum Gasteiger partial charge on any atom is 0.138 e. The normalized spacial score (nSPS) is 10.7. The molecule has 102 valence electrons. The number of aromatic amines is 1. The predicted molar refractivity (Wildman–Crippen MR) is 82.6 cm³/mol. The van der Waals surface area contributed by atoms with Crippen LogP contribution in [0.5, 0.6) is 0 Å². The summed E-state index contributed by atoms with van der Waals surface area (Å²) in [5.74, 6) is 1.70. The topological polar surface area (TPSA) is 56.8 Å².